The molecule has 0 aliphatic heterocycles. The normalized spacial score (nSPS) is 16.4. The standard InChI is InChI=1S/C25H42BrFO2Si4/c1-19-13-11-12-14-22(19)24(28)23(26)25(20-15-17-21(27)18-16-20)29-33(30(2,3)4,31(5,6)7)32(8,9)10/h11-18,23-25,28H,1-10H3/t23-,24+,25+/m1/s1. The molecular weight excluding hydrogens is 544 g/mol. The van der Waals surface area contributed by atoms with Gasteiger partial charge in [0, 0.05) is 0 Å². The van der Waals surface area contributed by atoms with Crippen LogP contribution in [0.1, 0.15) is 28.9 Å². The van der Waals surface area contributed by atoms with Crippen molar-refractivity contribution in [2.24, 2.45) is 0 Å². The Morgan fingerprint density at radius 1 is 0.788 bits per heavy atom. The van der Waals surface area contributed by atoms with Crippen LogP contribution in [0.4, 0.5) is 4.39 Å². The molecule has 0 saturated heterocycles. The van der Waals surface area contributed by atoms with Crippen LogP contribution in [-0.2, 0) is 4.43 Å². The van der Waals surface area contributed by atoms with Crippen LogP contribution in [0, 0.1) is 12.7 Å². The number of aliphatic hydroxyl groups is 1. The molecule has 2 rings (SSSR count). The Kier molecular flexibility index (Phi) is 9.03. The molecule has 33 heavy (non-hydrogen) atoms. The summed E-state index contributed by atoms with van der Waals surface area (Å²) < 4.78 is 21.5. The van der Waals surface area contributed by atoms with Crippen LogP contribution in [0.2, 0.25) is 58.9 Å². The van der Waals surface area contributed by atoms with Crippen molar-refractivity contribution in [1.29, 1.82) is 0 Å². The van der Waals surface area contributed by atoms with Crippen LogP contribution >= 0.6 is 15.9 Å². The zero-order chi connectivity index (χ0) is 25.4. The van der Waals surface area contributed by atoms with E-state index in [9.17, 15) is 9.50 Å². The fourth-order valence-corrected chi connectivity index (χ4v) is 101. The summed E-state index contributed by atoms with van der Waals surface area (Å²) in [7, 11) is -5.16. The third kappa shape index (κ3) is 5.90. The Bertz CT molecular complexity index is 897. The van der Waals surface area contributed by atoms with E-state index in [0.29, 0.717) is 0 Å². The maximum Gasteiger partial charge on any atom is 0.158 e. The summed E-state index contributed by atoms with van der Waals surface area (Å²) in [6, 6.07) is 14.6. The third-order valence-corrected chi connectivity index (χ3v) is 75.3. The SMILES string of the molecule is Cc1ccccc1[C@H](O)[C@@H](Br)[C@@H](O[Si]([Si](C)(C)C)([Si](C)(C)C)[Si](C)(C)C)c1ccc(F)cc1. The summed E-state index contributed by atoms with van der Waals surface area (Å²) in [5.41, 5.74) is 2.88. The molecule has 0 aliphatic rings. The van der Waals surface area contributed by atoms with Gasteiger partial charge in [0.2, 0.25) is 0 Å². The minimum absolute atomic E-state index is 0.257. The van der Waals surface area contributed by atoms with Gasteiger partial charge < -0.3 is 9.53 Å². The van der Waals surface area contributed by atoms with Crippen LogP contribution in [0.5, 0.6) is 0 Å². The van der Waals surface area contributed by atoms with Gasteiger partial charge in [-0.2, -0.15) is 0 Å². The van der Waals surface area contributed by atoms with Crippen LogP contribution < -0.4 is 0 Å². The lowest BCUT2D eigenvalue weighted by atomic mass is 9.96. The van der Waals surface area contributed by atoms with E-state index < -0.39 is 35.7 Å². The fraction of sp³-hybridized carbons (Fsp3) is 0.520. The number of aryl methyl sites for hydroxylation is 1. The Balaban J connectivity index is 2.71. The van der Waals surface area contributed by atoms with Gasteiger partial charge in [-0.1, -0.05) is 111 Å². The smallest absolute Gasteiger partial charge is 0.158 e. The molecule has 2 aromatic rings. The summed E-state index contributed by atoms with van der Waals surface area (Å²) in [5, 5.41) is 11.5. The highest BCUT2D eigenvalue weighted by atomic mass is 79.9. The first-order valence-electron chi connectivity index (χ1n) is 11.7. The average Bonchev–Trinajstić information content (AvgIpc) is 2.66. The van der Waals surface area contributed by atoms with Crippen LogP contribution in [0.3, 0.4) is 0 Å². The van der Waals surface area contributed by atoms with Gasteiger partial charge in [0.15, 0.2) is 6.87 Å². The molecule has 0 saturated carbocycles. The quantitative estimate of drug-likeness (QED) is 0.240. The molecule has 8 heteroatoms. The lowest BCUT2D eigenvalue weighted by Gasteiger charge is -2.58. The second-order valence-electron chi connectivity index (χ2n) is 12.3. The van der Waals surface area contributed by atoms with Gasteiger partial charge in [-0.15, -0.1) is 0 Å². The summed E-state index contributed by atoms with van der Waals surface area (Å²) in [4.78, 5) is -0.347. The highest BCUT2D eigenvalue weighted by molar-refractivity contribution is 9.09. The average molecular weight is 586 g/mol. The van der Waals surface area contributed by atoms with E-state index in [2.05, 4.69) is 74.9 Å². The van der Waals surface area contributed by atoms with Gasteiger partial charge in [0.1, 0.15) is 5.82 Å². The predicted octanol–water partition coefficient (Wildman–Crippen LogP) is 7.88. The van der Waals surface area contributed by atoms with Gasteiger partial charge in [-0.3, -0.25) is 0 Å². The molecule has 0 fully saturated rings. The van der Waals surface area contributed by atoms with Gasteiger partial charge >= 0.3 is 0 Å². The van der Waals surface area contributed by atoms with E-state index in [1.54, 1.807) is 0 Å². The third-order valence-electron chi connectivity index (χ3n) is 6.77. The molecule has 0 spiro atoms. The highest BCUT2D eigenvalue weighted by Crippen LogP contribution is 2.45. The number of rotatable bonds is 9. The lowest BCUT2D eigenvalue weighted by Crippen LogP contribution is -2.84. The van der Waals surface area contributed by atoms with E-state index in [1.807, 2.05) is 43.3 Å². The highest BCUT2D eigenvalue weighted by Gasteiger charge is 2.65. The number of alkyl halides is 1. The van der Waals surface area contributed by atoms with Crippen molar-refractivity contribution in [2.75, 3.05) is 0 Å². The summed E-state index contributed by atoms with van der Waals surface area (Å²) in [5.74, 6) is -0.257. The predicted molar refractivity (Wildman–Crippen MR) is 155 cm³/mol. The van der Waals surface area contributed by atoms with Gasteiger partial charge in [0.05, 0.1) is 39.8 Å². The monoisotopic (exact) mass is 584 g/mol. The number of hydrogen-bond acceptors (Lipinski definition) is 2. The molecular formula is C25H42BrFO2Si4. The molecule has 184 valence electrons. The first-order valence-corrected chi connectivity index (χ1v) is 28.1. The molecule has 0 radical (unpaired) electrons. The second kappa shape index (κ2) is 10.3. The second-order valence-corrected chi connectivity index (χ2v) is 52.8. The van der Waals surface area contributed by atoms with E-state index in [4.69, 9.17) is 4.43 Å². The van der Waals surface area contributed by atoms with Crippen LogP contribution in [-0.4, -0.2) is 39.6 Å². The van der Waals surface area contributed by atoms with Crippen molar-refractivity contribution in [2.45, 2.75) is 82.9 Å². The van der Waals surface area contributed by atoms with E-state index in [1.165, 1.54) is 12.1 Å². The van der Waals surface area contributed by atoms with Crippen LogP contribution in [0.15, 0.2) is 48.5 Å². The van der Waals surface area contributed by atoms with Crippen molar-refractivity contribution < 1.29 is 13.9 Å². The molecule has 0 unspecified atom stereocenters. The molecule has 3 atom stereocenters. The summed E-state index contributed by atoms with van der Waals surface area (Å²) >= 11 is 3.89. The topological polar surface area (TPSA) is 29.5 Å². The Morgan fingerprint density at radius 3 is 1.67 bits per heavy atom. The molecule has 2 nitrogen and oxygen atoms in total. The van der Waals surface area contributed by atoms with Crippen molar-refractivity contribution in [3.05, 3.63) is 71.0 Å². The maximum absolute atomic E-state index is 13.9. The molecule has 2 aromatic carbocycles. The zero-order valence-electron chi connectivity index (χ0n) is 22.0. The molecule has 0 aromatic heterocycles. The number of halogens is 2. The molecule has 0 amide bonds. The minimum Gasteiger partial charge on any atom is -0.418 e. The van der Waals surface area contributed by atoms with E-state index >= 15 is 0 Å². The van der Waals surface area contributed by atoms with Gasteiger partial charge in [-0.25, -0.2) is 4.39 Å². The number of benzene rings is 2. The minimum atomic E-state index is -2.20. The molecule has 0 aliphatic carbocycles. The largest absolute Gasteiger partial charge is 0.418 e. The zero-order valence-corrected chi connectivity index (χ0v) is 27.5. The fourth-order valence-electron chi connectivity index (χ4n) is 6.32. The van der Waals surface area contributed by atoms with Crippen LogP contribution in [0.25, 0.3) is 0 Å². The van der Waals surface area contributed by atoms with Crippen molar-refractivity contribution in [1.82, 2.24) is 0 Å². The summed E-state index contributed by atoms with van der Waals surface area (Å²) in [6.07, 6.45) is -1.09. The summed E-state index contributed by atoms with van der Waals surface area (Å²) in [6.45, 7) is 22.2. The molecule has 1 N–H and O–H groups in total. The Hall–Kier alpha value is -0.362. The van der Waals surface area contributed by atoms with Gasteiger partial charge in [0.25, 0.3) is 0 Å². The Labute approximate surface area is 212 Å². The molecule has 0 bridgehead atoms. The lowest BCUT2D eigenvalue weighted by molar-refractivity contribution is 0.106. The van der Waals surface area contributed by atoms with Crippen molar-refractivity contribution in [3.63, 3.8) is 0 Å². The molecule has 0 heterocycles. The first-order chi connectivity index (χ1) is 14.9. The number of hydrogen-bond donors (Lipinski definition) is 1. The van der Waals surface area contributed by atoms with Gasteiger partial charge in [-0.05, 0) is 35.7 Å². The number of aliphatic hydroxyl groups excluding tert-OH is 1. The van der Waals surface area contributed by atoms with Crippen molar-refractivity contribution >= 4 is 45.6 Å². The van der Waals surface area contributed by atoms with E-state index in [-0.39, 0.29) is 16.7 Å². The van der Waals surface area contributed by atoms with E-state index in [0.717, 1.165) is 16.7 Å². The Morgan fingerprint density at radius 2 is 1.24 bits per heavy atom. The first kappa shape index (κ1) is 28.9. The maximum atomic E-state index is 13.9. The van der Waals surface area contributed by atoms with Crippen molar-refractivity contribution in [3.8, 4) is 0 Å².